The Bertz CT molecular complexity index is 940. The second-order valence-electron chi connectivity index (χ2n) is 7.30. The smallest absolute Gasteiger partial charge is 0.419 e. The van der Waals surface area contributed by atoms with E-state index in [9.17, 15) is 22.4 Å². The minimum atomic E-state index is -4.79. The van der Waals surface area contributed by atoms with E-state index in [0.29, 0.717) is 18.4 Å². The van der Waals surface area contributed by atoms with Crippen molar-refractivity contribution in [1.29, 1.82) is 0 Å². The lowest BCUT2D eigenvalue weighted by Crippen LogP contribution is -2.43. The first-order valence-electron chi connectivity index (χ1n) is 9.40. The van der Waals surface area contributed by atoms with Crippen molar-refractivity contribution in [1.82, 2.24) is 4.90 Å². The average molecular weight is 405 g/mol. The summed E-state index contributed by atoms with van der Waals surface area (Å²) in [6, 6.07) is 12.0. The van der Waals surface area contributed by atoms with Gasteiger partial charge in [-0.3, -0.25) is 4.90 Å². The van der Waals surface area contributed by atoms with Crippen LogP contribution >= 0.6 is 0 Å². The number of benzene rings is 2. The fraction of sp³-hybridized carbons (Fsp3) is 0.318. The van der Waals surface area contributed by atoms with Crippen molar-refractivity contribution in [2.45, 2.75) is 44.1 Å². The zero-order valence-electron chi connectivity index (χ0n) is 15.5. The second kappa shape index (κ2) is 7.54. The van der Waals surface area contributed by atoms with Gasteiger partial charge in [0, 0.05) is 6.04 Å². The van der Waals surface area contributed by atoms with E-state index in [1.165, 1.54) is 12.1 Å². The van der Waals surface area contributed by atoms with E-state index < -0.39 is 23.7 Å². The van der Waals surface area contributed by atoms with Crippen molar-refractivity contribution in [3.05, 3.63) is 77.1 Å². The maximum atomic E-state index is 13.9. The Balaban J connectivity index is 1.55. The normalized spacial score (nSPS) is 21.1. The number of alkyl halides is 3. The zero-order valence-corrected chi connectivity index (χ0v) is 15.5. The number of hydrogen-bond donors (Lipinski definition) is 0. The van der Waals surface area contributed by atoms with Gasteiger partial charge in [-0.05, 0) is 42.0 Å². The van der Waals surface area contributed by atoms with Gasteiger partial charge in [-0.2, -0.15) is 13.2 Å². The third-order valence-corrected chi connectivity index (χ3v) is 5.45. The van der Waals surface area contributed by atoms with Crippen LogP contribution in [0.25, 0.3) is 5.57 Å². The van der Waals surface area contributed by atoms with Crippen molar-refractivity contribution in [2.24, 2.45) is 0 Å². The first-order chi connectivity index (χ1) is 13.8. The van der Waals surface area contributed by atoms with E-state index in [0.717, 1.165) is 11.6 Å². The molecule has 0 saturated carbocycles. The number of halogens is 4. The molecule has 7 heteroatoms. The van der Waals surface area contributed by atoms with Crippen LogP contribution < -0.4 is 0 Å². The fourth-order valence-electron chi connectivity index (χ4n) is 4.19. The van der Waals surface area contributed by atoms with Gasteiger partial charge in [-0.1, -0.05) is 48.5 Å². The van der Waals surface area contributed by atoms with Gasteiger partial charge in [0.05, 0.1) is 11.6 Å². The summed E-state index contributed by atoms with van der Waals surface area (Å²) in [6.45, 7) is 0.133. The number of nitrogens with zero attached hydrogens (tertiary/aromatic N) is 1. The lowest BCUT2D eigenvalue weighted by atomic mass is 9.91. The molecule has 4 rings (SSSR count). The summed E-state index contributed by atoms with van der Waals surface area (Å²) < 4.78 is 59.5. The van der Waals surface area contributed by atoms with Crippen LogP contribution in [-0.2, 0) is 17.5 Å². The van der Waals surface area contributed by atoms with E-state index in [-0.39, 0.29) is 30.7 Å². The summed E-state index contributed by atoms with van der Waals surface area (Å²) in [4.78, 5) is 14.2. The largest absolute Gasteiger partial charge is 0.445 e. The lowest BCUT2D eigenvalue weighted by Gasteiger charge is -2.33. The maximum absolute atomic E-state index is 13.9. The van der Waals surface area contributed by atoms with E-state index in [1.807, 2.05) is 30.3 Å². The third-order valence-electron chi connectivity index (χ3n) is 5.45. The molecule has 2 aliphatic rings. The number of carbonyl (C=O) groups is 1. The molecule has 0 spiro atoms. The highest BCUT2D eigenvalue weighted by atomic mass is 19.4. The minimum absolute atomic E-state index is 0.133. The van der Waals surface area contributed by atoms with Gasteiger partial charge in [0.25, 0.3) is 0 Å². The Morgan fingerprint density at radius 1 is 1.07 bits per heavy atom. The summed E-state index contributed by atoms with van der Waals surface area (Å²) in [6.07, 6.45) is -2.06. The molecule has 0 radical (unpaired) electrons. The maximum Gasteiger partial charge on any atom is 0.419 e. The highest BCUT2D eigenvalue weighted by Crippen LogP contribution is 2.43. The van der Waals surface area contributed by atoms with E-state index in [1.54, 1.807) is 11.0 Å². The molecule has 0 aromatic heterocycles. The van der Waals surface area contributed by atoms with Crippen LogP contribution in [0.2, 0.25) is 0 Å². The van der Waals surface area contributed by atoms with E-state index in [2.05, 4.69) is 0 Å². The van der Waals surface area contributed by atoms with Gasteiger partial charge in [0.15, 0.2) is 0 Å². The predicted molar refractivity (Wildman–Crippen MR) is 99.3 cm³/mol. The van der Waals surface area contributed by atoms with Crippen molar-refractivity contribution >= 4 is 11.7 Å². The van der Waals surface area contributed by atoms with Crippen molar-refractivity contribution in [3.8, 4) is 0 Å². The van der Waals surface area contributed by atoms with Gasteiger partial charge in [0.2, 0.25) is 0 Å². The molecule has 2 aliphatic heterocycles. The van der Waals surface area contributed by atoms with Crippen molar-refractivity contribution in [2.75, 3.05) is 0 Å². The number of hydrogen-bond acceptors (Lipinski definition) is 2. The first-order valence-corrected chi connectivity index (χ1v) is 9.40. The molecule has 0 aliphatic carbocycles. The highest BCUT2D eigenvalue weighted by Gasteiger charge is 2.43. The third kappa shape index (κ3) is 3.86. The minimum Gasteiger partial charge on any atom is -0.445 e. The number of rotatable bonds is 3. The van der Waals surface area contributed by atoms with Crippen LogP contribution in [0.1, 0.15) is 36.0 Å². The number of amides is 1. The monoisotopic (exact) mass is 405 g/mol. The average Bonchev–Trinajstić information content (AvgIpc) is 2.95. The Morgan fingerprint density at radius 3 is 2.52 bits per heavy atom. The summed E-state index contributed by atoms with van der Waals surface area (Å²) >= 11 is 0. The summed E-state index contributed by atoms with van der Waals surface area (Å²) in [5, 5.41) is 0. The molecule has 1 saturated heterocycles. The molecule has 2 unspecified atom stereocenters. The predicted octanol–water partition coefficient (Wildman–Crippen LogP) is 5.80. The molecule has 1 fully saturated rings. The van der Waals surface area contributed by atoms with Crippen LogP contribution in [0.4, 0.5) is 22.4 Å². The fourth-order valence-corrected chi connectivity index (χ4v) is 4.19. The topological polar surface area (TPSA) is 29.5 Å². The summed E-state index contributed by atoms with van der Waals surface area (Å²) in [5.41, 5.74) is -0.107. The first kappa shape index (κ1) is 19.5. The lowest BCUT2D eigenvalue weighted by molar-refractivity contribution is -0.140. The Kier molecular flexibility index (Phi) is 5.06. The molecular weight excluding hydrogens is 386 g/mol. The van der Waals surface area contributed by atoms with Crippen LogP contribution in [-0.4, -0.2) is 23.1 Å². The molecule has 2 aromatic carbocycles. The van der Waals surface area contributed by atoms with Crippen molar-refractivity contribution in [3.63, 3.8) is 0 Å². The number of carbonyl (C=O) groups excluding carboxylic acids is 1. The molecule has 2 bridgehead atoms. The number of ether oxygens (including phenoxy) is 1. The van der Waals surface area contributed by atoms with Gasteiger partial charge < -0.3 is 4.74 Å². The van der Waals surface area contributed by atoms with Crippen LogP contribution in [0.5, 0.6) is 0 Å². The van der Waals surface area contributed by atoms with Crippen LogP contribution in [0, 0.1) is 5.82 Å². The van der Waals surface area contributed by atoms with E-state index in [4.69, 9.17) is 4.74 Å². The molecule has 0 N–H and O–H groups in total. The number of fused-ring (bicyclic) bond motifs is 2. The molecule has 2 aromatic rings. The van der Waals surface area contributed by atoms with Gasteiger partial charge in [0.1, 0.15) is 12.4 Å². The SMILES string of the molecule is O=C(OCc1ccccc1)N1C2C=C(c3cccc(F)c3C(F)(F)F)CC1CC2. The van der Waals surface area contributed by atoms with Gasteiger partial charge >= 0.3 is 12.3 Å². The Morgan fingerprint density at radius 2 is 1.83 bits per heavy atom. The van der Waals surface area contributed by atoms with Crippen molar-refractivity contribution < 1.29 is 27.1 Å². The van der Waals surface area contributed by atoms with Crippen LogP contribution in [0.15, 0.2) is 54.6 Å². The molecule has 3 nitrogen and oxygen atoms in total. The highest BCUT2D eigenvalue weighted by molar-refractivity contribution is 5.76. The van der Waals surface area contributed by atoms with Gasteiger partial charge in [-0.25, -0.2) is 9.18 Å². The molecule has 152 valence electrons. The molecule has 2 heterocycles. The Hall–Kier alpha value is -2.83. The molecule has 29 heavy (non-hydrogen) atoms. The molecular formula is C22H19F4NO2. The van der Waals surface area contributed by atoms with E-state index >= 15 is 0 Å². The standard InChI is InChI=1S/C22H19F4NO2/c23-19-8-4-7-18(20(19)22(24,25)26)15-11-16-9-10-17(12-15)27(16)21(28)29-13-14-5-2-1-3-6-14/h1-8,11,16-17H,9-10,12-13H2. The Labute approximate surface area is 165 Å². The molecule has 2 atom stereocenters. The van der Waals surface area contributed by atoms with Crippen LogP contribution in [0.3, 0.4) is 0 Å². The quantitative estimate of drug-likeness (QED) is 0.604. The summed E-state index contributed by atoms with van der Waals surface area (Å²) in [7, 11) is 0. The second-order valence-corrected chi connectivity index (χ2v) is 7.30. The molecule has 1 amide bonds. The zero-order chi connectivity index (χ0) is 20.6. The van der Waals surface area contributed by atoms with Gasteiger partial charge in [-0.15, -0.1) is 0 Å². The summed E-state index contributed by atoms with van der Waals surface area (Å²) in [5.74, 6) is -1.28.